The summed E-state index contributed by atoms with van der Waals surface area (Å²) >= 11 is 0. The summed E-state index contributed by atoms with van der Waals surface area (Å²) in [5.41, 5.74) is 1.78. The lowest BCUT2D eigenvalue weighted by Crippen LogP contribution is -2.29. The molecule has 1 atom stereocenters. The fraction of sp³-hybridized carbons (Fsp3) is 0.150. The minimum absolute atomic E-state index is 0.327. The van der Waals surface area contributed by atoms with Gasteiger partial charge in [0.15, 0.2) is 0 Å². The predicted octanol–water partition coefficient (Wildman–Crippen LogP) is 2.89. The second-order valence-corrected chi connectivity index (χ2v) is 5.98. The monoisotopic (exact) mass is 346 g/mol. The molecule has 0 saturated heterocycles. The molecule has 2 aromatic carbocycles. The van der Waals surface area contributed by atoms with Gasteiger partial charge in [-0.3, -0.25) is 9.72 Å². The number of carbonyl (C=O) groups excluding carboxylic acids is 1. The lowest BCUT2D eigenvalue weighted by atomic mass is 10.0. The number of rotatable bonds is 5. The third-order valence-corrected chi connectivity index (χ3v) is 4.40. The highest BCUT2D eigenvalue weighted by Crippen LogP contribution is 2.22. The Kier molecular flexibility index (Phi) is 4.33. The van der Waals surface area contributed by atoms with Crippen LogP contribution in [0.1, 0.15) is 17.3 Å². The predicted molar refractivity (Wildman–Crippen MR) is 98.5 cm³/mol. The van der Waals surface area contributed by atoms with Gasteiger partial charge >= 0.3 is 5.97 Å². The lowest BCUT2D eigenvalue weighted by molar-refractivity contribution is -0.143. The van der Waals surface area contributed by atoms with E-state index in [9.17, 15) is 4.79 Å². The molecule has 0 bridgehead atoms. The summed E-state index contributed by atoms with van der Waals surface area (Å²) in [6.45, 7) is 0.458. The Balaban J connectivity index is 1.63. The van der Waals surface area contributed by atoms with Gasteiger partial charge in [0, 0.05) is 18.9 Å². The maximum Gasteiger partial charge on any atom is 0.327 e. The van der Waals surface area contributed by atoms with Gasteiger partial charge in [-0.25, -0.2) is 14.8 Å². The van der Waals surface area contributed by atoms with Crippen molar-refractivity contribution in [2.75, 3.05) is 7.11 Å². The van der Waals surface area contributed by atoms with Crippen LogP contribution < -0.4 is 5.32 Å². The Labute approximate surface area is 150 Å². The van der Waals surface area contributed by atoms with Crippen LogP contribution >= 0.6 is 0 Å². The van der Waals surface area contributed by atoms with E-state index in [1.54, 1.807) is 12.4 Å². The van der Waals surface area contributed by atoms with Gasteiger partial charge < -0.3 is 4.74 Å². The highest BCUT2D eigenvalue weighted by atomic mass is 16.5. The van der Waals surface area contributed by atoms with Crippen LogP contribution in [-0.4, -0.2) is 27.4 Å². The molecule has 0 aliphatic carbocycles. The Hall–Kier alpha value is -3.25. The van der Waals surface area contributed by atoms with Crippen molar-refractivity contribution in [2.45, 2.75) is 12.6 Å². The van der Waals surface area contributed by atoms with Crippen molar-refractivity contribution >= 4 is 22.5 Å². The Morgan fingerprint density at radius 1 is 1.15 bits per heavy atom. The third-order valence-electron chi connectivity index (χ3n) is 4.40. The first-order valence-corrected chi connectivity index (χ1v) is 8.33. The summed E-state index contributed by atoms with van der Waals surface area (Å²) in [5, 5.41) is 5.50. The van der Waals surface area contributed by atoms with Crippen LogP contribution in [0, 0.1) is 0 Å². The minimum Gasteiger partial charge on any atom is -0.468 e. The number of ether oxygens (including phenoxy) is 1. The highest BCUT2D eigenvalue weighted by molar-refractivity contribution is 5.85. The van der Waals surface area contributed by atoms with Crippen LogP contribution in [0.15, 0.2) is 67.1 Å². The smallest absolute Gasteiger partial charge is 0.327 e. The largest absolute Gasteiger partial charge is 0.468 e. The molecule has 2 heterocycles. The van der Waals surface area contributed by atoms with Crippen molar-refractivity contribution in [1.29, 1.82) is 0 Å². The number of methoxy groups -OCH3 is 1. The van der Waals surface area contributed by atoms with Crippen LogP contribution in [0.3, 0.4) is 0 Å². The van der Waals surface area contributed by atoms with E-state index in [4.69, 9.17) is 4.74 Å². The number of esters is 1. The maximum atomic E-state index is 12.4. The number of nitrogens with zero attached hydrogens (tertiary/aromatic N) is 3. The van der Waals surface area contributed by atoms with Gasteiger partial charge in [-0.1, -0.05) is 36.4 Å². The van der Waals surface area contributed by atoms with E-state index >= 15 is 0 Å². The Bertz CT molecular complexity index is 1070. The molecule has 1 N–H and O–H groups in total. The summed E-state index contributed by atoms with van der Waals surface area (Å²) in [6.07, 6.45) is 5.35. The van der Waals surface area contributed by atoms with E-state index in [0.29, 0.717) is 12.3 Å². The van der Waals surface area contributed by atoms with Gasteiger partial charge in [-0.05, 0) is 28.5 Å². The number of hydrogen-bond donors (Lipinski definition) is 1. The zero-order chi connectivity index (χ0) is 17.9. The number of fused-ring (bicyclic) bond motifs is 2. The molecule has 0 fully saturated rings. The summed E-state index contributed by atoms with van der Waals surface area (Å²) in [4.78, 5) is 20.8. The number of imidazole rings is 1. The normalized spacial score (nSPS) is 12.3. The zero-order valence-corrected chi connectivity index (χ0v) is 14.3. The molecule has 2 aromatic heterocycles. The summed E-state index contributed by atoms with van der Waals surface area (Å²) in [6, 6.07) is 15.3. The van der Waals surface area contributed by atoms with E-state index < -0.39 is 6.04 Å². The van der Waals surface area contributed by atoms with Gasteiger partial charge in [0.05, 0.1) is 19.0 Å². The van der Waals surface area contributed by atoms with Crippen molar-refractivity contribution < 1.29 is 9.53 Å². The van der Waals surface area contributed by atoms with Crippen LogP contribution in [0.4, 0.5) is 0 Å². The molecule has 26 heavy (non-hydrogen) atoms. The number of carbonyl (C=O) groups is 1. The van der Waals surface area contributed by atoms with Crippen LogP contribution in [0.2, 0.25) is 0 Å². The van der Waals surface area contributed by atoms with Crippen molar-refractivity contribution in [3.05, 3.63) is 78.4 Å². The van der Waals surface area contributed by atoms with Gasteiger partial charge in [0.25, 0.3) is 0 Å². The maximum absolute atomic E-state index is 12.4. The first-order valence-electron chi connectivity index (χ1n) is 8.33. The fourth-order valence-corrected chi connectivity index (χ4v) is 3.06. The van der Waals surface area contributed by atoms with Crippen molar-refractivity contribution in [3.63, 3.8) is 0 Å². The quantitative estimate of drug-likeness (QED) is 0.563. The molecule has 0 radical (unpaired) electrons. The molecular formula is C20H18N4O2. The second-order valence-electron chi connectivity index (χ2n) is 5.98. The molecular weight excluding hydrogens is 328 g/mol. The molecule has 0 spiro atoms. The van der Waals surface area contributed by atoms with Crippen LogP contribution in [0.25, 0.3) is 16.6 Å². The van der Waals surface area contributed by atoms with Crippen LogP contribution in [-0.2, 0) is 16.1 Å². The fourth-order valence-electron chi connectivity index (χ4n) is 3.06. The second kappa shape index (κ2) is 6.93. The SMILES string of the molecule is COC(=O)[C@@H](NCc1cnc2ncccn12)c1ccc2ccccc2c1. The van der Waals surface area contributed by atoms with Crippen LogP contribution in [0.5, 0.6) is 0 Å². The third kappa shape index (κ3) is 3.02. The van der Waals surface area contributed by atoms with Gasteiger partial charge in [0.1, 0.15) is 6.04 Å². The van der Waals surface area contributed by atoms with E-state index in [1.807, 2.05) is 59.1 Å². The molecule has 6 heteroatoms. The molecule has 4 aromatic rings. The van der Waals surface area contributed by atoms with Crippen molar-refractivity contribution in [1.82, 2.24) is 19.7 Å². The summed E-state index contributed by atoms with van der Waals surface area (Å²) in [5.74, 6) is 0.303. The number of benzene rings is 2. The molecule has 6 nitrogen and oxygen atoms in total. The Morgan fingerprint density at radius 3 is 2.85 bits per heavy atom. The molecule has 0 amide bonds. The van der Waals surface area contributed by atoms with E-state index in [2.05, 4.69) is 15.3 Å². The molecule has 130 valence electrons. The average Bonchev–Trinajstić information content (AvgIpc) is 3.11. The topological polar surface area (TPSA) is 68.5 Å². The summed E-state index contributed by atoms with van der Waals surface area (Å²) in [7, 11) is 1.40. The molecule has 0 unspecified atom stereocenters. The Morgan fingerprint density at radius 2 is 2.00 bits per heavy atom. The standard InChI is InChI=1S/C20H18N4O2/c1-26-19(25)18(16-8-7-14-5-2-3-6-15(14)11-16)22-12-17-13-23-20-21-9-4-10-24(17)20/h2-11,13,18,22H,12H2,1H3/t18-/m0/s1. The zero-order valence-electron chi connectivity index (χ0n) is 14.3. The first-order chi connectivity index (χ1) is 12.8. The number of aromatic nitrogens is 3. The molecule has 0 aliphatic rings. The number of hydrogen-bond acceptors (Lipinski definition) is 5. The van der Waals surface area contributed by atoms with Crippen molar-refractivity contribution in [3.8, 4) is 0 Å². The number of nitrogens with one attached hydrogen (secondary N) is 1. The molecule has 0 aliphatic heterocycles. The van der Waals surface area contributed by atoms with E-state index in [0.717, 1.165) is 22.0 Å². The van der Waals surface area contributed by atoms with Gasteiger partial charge in [-0.2, -0.15) is 0 Å². The average molecular weight is 346 g/mol. The van der Waals surface area contributed by atoms with E-state index in [1.165, 1.54) is 7.11 Å². The molecule has 0 saturated carbocycles. The molecule has 4 rings (SSSR count). The minimum atomic E-state index is -0.563. The van der Waals surface area contributed by atoms with E-state index in [-0.39, 0.29) is 5.97 Å². The van der Waals surface area contributed by atoms with Crippen molar-refractivity contribution in [2.24, 2.45) is 0 Å². The summed E-state index contributed by atoms with van der Waals surface area (Å²) < 4.78 is 6.89. The lowest BCUT2D eigenvalue weighted by Gasteiger charge is -2.17. The van der Waals surface area contributed by atoms with Gasteiger partial charge in [-0.15, -0.1) is 0 Å². The first kappa shape index (κ1) is 16.2. The van der Waals surface area contributed by atoms with Gasteiger partial charge in [0.2, 0.25) is 5.78 Å². The highest BCUT2D eigenvalue weighted by Gasteiger charge is 2.21.